The number of likely N-dealkylation sites (N-methyl/N-ethyl adjacent to an activating group) is 1. The smallest absolute Gasteiger partial charge is 0.0946 e. The Balaban J connectivity index is 1.65. The van der Waals surface area contributed by atoms with Crippen LogP contribution in [0.1, 0.15) is 6.92 Å². The van der Waals surface area contributed by atoms with Crippen LogP contribution in [0.25, 0.3) is 0 Å². The Hall–Kier alpha value is -2.07. The molecule has 0 radical (unpaired) electrons. The van der Waals surface area contributed by atoms with E-state index in [9.17, 15) is 0 Å². The highest BCUT2D eigenvalue weighted by Crippen LogP contribution is 2.22. The van der Waals surface area contributed by atoms with Crippen LogP contribution in [0.4, 0.5) is 11.4 Å². The topological polar surface area (TPSA) is 22.1 Å². The molecule has 0 aromatic heterocycles. The first kappa shape index (κ1) is 14.9. The van der Waals surface area contributed by atoms with Crippen LogP contribution in [-0.4, -0.2) is 50.5 Å². The Morgan fingerprint density at radius 3 is 2.32 bits per heavy atom. The maximum absolute atomic E-state index is 4.51. The summed E-state index contributed by atoms with van der Waals surface area (Å²) in [5.74, 6) is 0. The minimum atomic E-state index is 0.172. The molecule has 3 rings (SSSR count). The van der Waals surface area contributed by atoms with Crippen molar-refractivity contribution < 1.29 is 0 Å². The van der Waals surface area contributed by atoms with Gasteiger partial charge in [0.2, 0.25) is 0 Å². The molecule has 0 amide bonds. The van der Waals surface area contributed by atoms with Gasteiger partial charge in [-0.3, -0.25) is 4.99 Å². The van der Waals surface area contributed by atoms with Crippen molar-refractivity contribution in [2.24, 2.45) is 4.99 Å². The van der Waals surface area contributed by atoms with Gasteiger partial charge < -0.3 is 14.7 Å². The van der Waals surface area contributed by atoms with Gasteiger partial charge in [0, 0.05) is 43.8 Å². The fourth-order valence-electron chi connectivity index (χ4n) is 2.78. The lowest BCUT2D eigenvalue weighted by atomic mass is 10.2. The third-order valence-corrected chi connectivity index (χ3v) is 4.21. The molecule has 1 fully saturated rings. The molecule has 0 saturated carbocycles. The van der Waals surface area contributed by atoms with E-state index in [-0.39, 0.29) is 6.04 Å². The first-order valence-corrected chi connectivity index (χ1v) is 7.92. The van der Waals surface area contributed by atoms with Crippen LogP contribution in [-0.2, 0) is 0 Å². The predicted octanol–water partition coefficient (Wildman–Crippen LogP) is 2.75. The van der Waals surface area contributed by atoms with Crippen LogP contribution >= 0.6 is 0 Å². The number of piperazine rings is 1. The van der Waals surface area contributed by atoms with Crippen molar-refractivity contribution in [3.05, 3.63) is 48.7 Å². The molecule has 4 nitrogen and oxygen atoms in total. The molecule has 1 aromatic carbocycles. The summed E-state index contributed by atoms with van der Waals surface area (Å²) in [6.07, 6.45) is 10.2. The van der Waals surface area contributed by atoms with Crippen LogP contribution in [0.3, 0.4) is 0 Å². The highest BCUT2D eigenvalue weighted by Gasteiger charge is 2.14. The number of hydrogen-bond donors (Lipinski definition) is 0. The second-order valence-corrected chi connectivity index (χ2v) is 5.84. The molecule has 0 N–H and O–H groups in total. The van der Waals surface area contributed by atoms with E-state index in [4.69, 9.17) is 0 Å². The predicted molar refractivity (Wildman–Crippen MR) is 94.9 cm³/mol. The Labute approximate surface area is 133 Å². The number of aliphatic imine (C=N–C) groups is 1. The monoisotopic (exact) mass is 296 g/mol. The summed E-state index contributed by atoms with van der Waals surface area (Å²) in [7, 11) is 2.18. The first-order valence-electron chi connectivity index (χ1n) is 7.92. The minimum Gasteiger partial charge on any atom is -0.369 e. The van der Waals surface area contributed by atoms with Gasteiger partial charge in [-0.2, -0.15) is 0 Å². The van der Waals surface area contributed by atoms with Crippen molar-refractivity contribution >= 4 is 17.7 Å². The van der Waals surface area contributed by atoms with E-state index < -0.39 is 0 Å². The molecular weight excluding hydrogens is 272 g/mol. The molecule has 0 bridgehead atoms. The molecule has 1 aromatic rings. The average Bonchev–Trinajstić information content (AvgIpc) is 2.57. The largest absolute Gasteiger partial charge is 0.369 e. The fraction of sp³-hybridized carbons (Fsp3) is 0.389. The van der Waals surface area contributed by atoms with Crippen LogP contribution in [0.15, 0.2) is 53.7 Å². The van der Waals surface area contributed by atoms with Crippen molar-refractivity contribution in [1.82, 2.24) is 4.90 Å². The Morgan fingerprint density at radius 1 is 1.05 bits per heavy atom. The third kappa shape index (κ3) is 3.39. The van der Waals surface area contributed by atoms with E-state index in [0.717, 1.165) is 31.9 Å². The maximum Gasteiger partial charge on any atom is 0.0946 e. The van der Waals surface area contributed by atoms with E-state index in [1.807, 2.05) is 19.3 Å². The van der Waals surface area contributed by atoms with Gasteiger partial charge in [0.05, 0.1) is 12.4 Å². The molecule has 116 valence electrons. The quantitative estimate of drug-likeness (QED) is 0.801. The summed E-state index contributed by atoms with van der Waals surface area (Å²) in [4.78, 5) is 11.4. The Bertz CT molecular complexity index is 551. The summed E-state index contributed by atoms with van der Waals surface area (Å²) in [6, 6.07) is 8.92. The van der Waals surface area contributed by atoms with Crippen molar-refractivity contribution in [3.8, 4) is 0 Å². The SMILES string of the molecule is C/C=C/C1C=CN(c2ccc(N3CCN(C)CC3)cc2)C=N1. The molecule has 22 heavy (non-hydrogen) atoms. The van der Waals surface area contributed by atoms with Crippen LogP contribution in [0.5, 0.6) is 0 Å². The lowest BCUT2D eigenvalue weighted by Crippen LogP contribution is -2.44. The number of benzene rings is 1. The normalized spacial score (nSPS) is 22.7. The summed E-state index contributed by atoms with van der Waals surface area (Å²) < 4.78 is 0. The van der Waals surface area contributed by atoms with Gasteiger partial charge in [0.1, 0.15) is 0 Å². The third-order valence-electron chi connectivity index (χ3n) is 4.21. The van der Waals surface area contributed by atoms with Crippen molar-refractivity contribution in [1.29, 1.82) is 0 Å². The summed E-state index contributed by atoms with van der Waals surface area (Å²) >= 11 is 0. The molecule has 2 aliphatic rings. The average molecular weight is 296 g/mol. The fourth-order valence-corrected chi connectivity index (χ4v) is 2.78. The van der Waals surface area contributed by atoms with E-state index in [2.05, 4.69) is 69.4 Å². The molecule has 0 spiro atoms. The van der Waals surface area contributed by atoms with Crippen LogP contribution in [0, 0.1) is 0 Å². The molecule has 2 heterocycles. The van der Waals surface area contributed by atoms with Gasteiger partial charge in [0.25, 0.3) is 0 Å². The minimum absolute atomic E-state index is 0.172. The first-order chi connectivity index (χ1) is 10.8. The second kappa shape index (κ2) is 6.79. The van der Waals surface area contributed by atoms with Gasteiger partial charge in [-0.1, -0.05) is 12.2 Å². The zero-order valence-corrected chi connectivity index (χ0v) is 13.4. The Morgan fingerprint density at radius 2 is 1.73 bits per heavy atom. The lowest BCUT2D eigenvalue weighted by molar-refractivity contribution is 0.313. The number of anilines is 2. The molecule has 1 unspecified atom stereocenters. The molecule has 2 aliphatic heterocycles. The van der Waals surface area contributed by atoms with E-state index in [1.54, 1.807) is 0 Å². The number of hydrogen-bond acceptors (Lipinski definition) is 4. The highest BCUT2D eigenvalue weighted by molar-refractivity contribution is 5.83. The van der Waals surface area contributed by atoms with Crippen LogP contribution in [0.2, 0.25) is 0 Å². The molecular formula is C18H24N4. The Kier molecular flexibility index (Phi) is 4.59. The second-order valence-electron chi connectivity index (χ2n) is 5.84. The van der Waals surface area contributed by atoms with Crippen molar-refractivity contribution in [2.45, 2.75) is 13.0 Å². The lowest BCUT2D eigenvalue weighted by Gasteiger charge is -2.34. The van der Waals surface area contributed by atoms with Gasteiger partial charge in [-0.25, -0.2) is 0 Å². The maximum atomic E-state index is 4.51. The van der Waals surface area contributed by atoms with Crippen LogP contribution < -0.4 is 9.80 Å². The van der Waals surface area contributed by atoms with Gasteiger partial charge in [-0.15, -0.1) is 0 Å². The summed E-state index contributed by atoms with van der Waals surface area (Å²) in [5.41, 5.74) is 2.46. The highest BCUT2D eigenvalue weighted by atomic mass is 15.2. The van der Waals surface area contributed by atoms with Crippen molar-refractivity contribution in [2.75, 3.05) is 43.0 Å². The number of allylic oxidation sites excluding steroid dienone is 1. The number of rotatable bonds is 3. The van der Waals surface area contributed by atoms with E-state index in [0.29, 0.717) is 0 Å². The zero-order valence-electron chi connectivity index (χ0n) is 13.4. The molecule has 1 saturated heterocycles. The van der Waals surface area contributed by atoms with Gasteiger partial charge in [-0.05, 0) is 44.3 Å². The van der Waals surface area contributed by atoms with Gasteiger partial charge in [0.15, 0.2) is 0 Å². The van der Waals surface area contributed by atoms with E-state index >= 15 is 0 Å². The molecule has 4 heteroatoms. The summed E-state index contributed by atoms with van der Waals surface area (Å²) in [5, 5.41) is 0. The molecule has 0 aliphatic carbocycles. The molecule has 1 atom stereocenters. The summed E-state index contributed by atoms with van der Waals surface area (Å²) in [6.45, 7) is 6.50. The zero-order chi connectivity index (χ0) is 15.4. The number of nitrogens with zero attached hydrogens (tertiary/aromatic N) is 4. The van der Waals surface area contributed by atoms with Crippen molar-refractivity contribution in [3.63, 3.8) is 0 Å². The van der Waals surface area contributed by atoms with E-state index in [1.165, 1.54) is 5.69 Å². The van der Waals surface area contributed by atoms with Gasteiger partial charge >= 0.3 is 0 Å². The standard InChI is InChI=1S/C18H24N4/c1-3-4-16-9-10-22(15-19-16)18-7-5-17(6-8-18)21-13-11-20(2)12-14-21/h3-10,15-16H,11-14H2,1-2H3/b4-3+.